The van der Waals surface area contributed by atoms with Gasteiger partial charge in [0, 0.05) is 23.2 Å². The largest absolute Gasteiger partial charge is 0.487 e. The number of ether oxygens (including phenoxy) is 1. The molecule has 0 unspecified atom stereocenters. The van der Waals surface area contributed by atoms with Crippen LogP contribution < -0.4 is 21.3 Å². The van der Waals surface area contributed by atoms with Crippen LogP contribution in [0.4, 0.5) is 0 Å². The first-order valence-electron chi connectivity index (χ1n) is 8.14. The van der Waals surface area contributed by atoms with Gasteiger partial charge < -0.3 is 15.0 Å². The summed E-state index contributed by atoms with van der Waals surface area (Å²) in [7, 11) is 0. The number of para-hydroxylation sites is 1. The number of hydrogen-bond acceptors (Lipinski definition) is 4. The summed E-state index contributed by atoms with van der Waals surface area (Å²) >= 11 is 0. The van der Waals surface area contributed by atoms with Gasteiger partial charge in [0.1, 0.15) is 11.4 Å². The predicted molar refractivity (Wildman–Crippen MR) is 92.8 cm³/mol. The molecule has 7 heteroatoms. The first-order chi connectivity index (χ1) is 11.7. The minimum absolute atomic E-state index is 0.0993. The highest BCUT2D eigenvalue weighted by molar-refractivity contribution is 5.79. The molecule has 7 nitrogen and oxygen atoms in total. The van der Waals surface area contributed by atoms with Crippen LogP contribution >= 0.6 is 0 Å². The number of aromatic amines is 2. The quantitative estimate of drug-likeness (QED) is 0.782. The molecule has 2 heterocycles. The monoisotopic (exact) mass is 343 g/mol. The van der Waals surface area contributed by atoms with Crippen molar-refractivity contribution in [1.29, 1.82) is 0 Å². The van der Waals surface area contributed by atoms with Crippen molar-refractivity contribution in [3.8, 4) is 5.75 Å². The summed E-state index contributed by atoms with van der Waals surface area (Å²) in [5.74, 6) is 0.472. The molecular formula is C18H21N3O4. The van der Waals surface area contributed by atoms with Gasteiger partial charge >= 0.3 is 5.69 Å². The van der Waals surface area contributed by atoms with E-state index in [2.05, 4.69) is 15.3 Å². The summed E-state index contributed by atoms with van der Waals surface area (Å²) in [4.78, 5) is 40.3. The minimum atomic E-state index is -0.577. The Bertz CT molecular complexity index is 926. The van der Waals surface area contributed by atoms with Crippen molar-refractivity contribution in [1.82, 2.24) is 15.3 Å². The molecule has 1 aromatic heterocycles. The number of amides is 1. The summed E-state index contributed by atoms with van der Waals surface area (Å²) in [5, 5.41) is 2.98. The molecule has 0 spiro atoms. The fraction of sp³-hybridized carbons (Fsp3) is 0.389. The van der Waals surface area contributed by atoms with E-state index in [4.69, 9.17) is 4.74 Å². The van der Waals surface area contributed by atoms with Gasteiger partial charge in [-0.15, -0.1) is 0 Å². The molecule has 1 amide bonds. The lowest BCUT2D eigenvalue weighted by atomic mass is 9.89. The average Bonchev–Trinajstić information content (AvgIpc) is 2.49. The summed E-state index contributed by atoms with van der Waals surface area (Å²) in [5.41, 5.74) is 0.0592. The van der Waals surface area contributed by atoms with Crippen LogP contribution in [0.2, 0.25) is 0 Å². The van der Waals surface area contributed by atoms with E-state index in [0.29, 0.717) is 12.1 Å². The molecule has 132 valence electrons. The van der Waals surface area contributed by atoms with Crippen molar-refractivity contribution < 1.29 is 9.53 Å². The zero-order valence-electron chi connectivity index (χ0n) is 14.4. The van der Waals surface area contributed by atoms with Gasteiger partial charge in [-0.1, -0.05) is 18.2 Å². The Morgan fingerprint density at radius 3 is 2.72 bits per heavy atom. The van der Waals surface area contributed by atoms with Crippen molar-refractivity contribution in [3.05, 3.63) is 61.9 Å². The summed E-state index contributed by atoms with van der Waals surface area (Å²) < 4.78 is 5.95. The third kappa shape index (κ3) is 3.65. The Hall–Kier alpha value is -2.83. The summed E-state index contributed by atoms with van der Waals surface area (Å²) in [6, 6.07) is 7.40. The molecular weight excluding hydrogens is 322 g/mol. The highest BCUT2D eigenvalue weighted by Crippen LogP contribution is 2.39. The third-order valence-electron chi connectivity index (χ3n) is 4.30. The Morgan fingerprint density at radius 2 is 2.00 bits per heavy atom. The van der Waals surface area contributed by atoms with Crippen molar-refractivity contribution in [2.24, 2.45) is 0 Å². The number of rotatable bonds is 3. The maximum absolute atomic E-state index is 12.5. The molecule has 1 aliphatic rings. The lowest BCUT2D eigenvalue weighted by Crippen LogP contribution is -2.42. The molecule has 1 aromatic carbocycles. The van der Waals surface area contributed by atoms with E-state index in [-0.39, 0.29) is 23.9 Å². The molecule has 0 radical (unpaired) electrons. The lowest BCUT2D eigenvalue weighted by molar-refractivity contribution is -0.121. The van der Waals surface area contributed by atoms with Gasteiger partial charge in [0.2, 0.25) is 5.91 Å². The number of benzene rings is 1. The molecule has 0 fully saturated rings. The third-order valence-corrected chi connectivity index (χ3v) is 4.30. The van der Waals surface area contributed by atoms with Crippen LogP contribution in [-0.2, 0) is 11.2 Å². The fourth-order valence-corrected chi connectivity index (χ4v) is 3.18. The van der Waals surface area contributed by atoms with Crippen LogP contribution in [0.25, 0.3) is 0 Å². The van der Waals surface area contributed by atoms with Crippen molar-refractivity contribution in [3.63, 3.8) is 0 Å². The van der Waals surface area contributed by atoms with E-state index >= 15 is 0 Å². The molecule has 3 N–H and O–H groups in total. The first-order valence-corrected chi connectivity index (χ1v) is 8.14. The molecule has 0 saturated carbocycles. The predicted octanol–water partition coefficient (Wildman–Crippen LogP) is 1.33. The maximum atomic E-state index is 12.5. The van der Waals surface area contributed by atoms with Crippen LogP contribution in [0.3, 0.4) is 0 Å². The number of aryl methyl sites for hydroxylation is 1. The van der Waals surface area contributed by atoms with Gasteiger partial charge in [-0.25, -0.2) is 4.79 Å². The molecule has 3 rings (SSSR count). The van der Waals surface area contributed by atoms with E-state index in [1.54, 1.807) is 6.92 Å². The number of hydrogen-bond donors (Lipinski definition) is 3. The SMILES string of the molecule is Cc1[nH]c(=O)[nH]c(=O)c1CC(=O)N[C@H]1CC(C)(C)Oc2ccccc21. The van der Waals surface area contributed by atoms with E-state index in [9.17, 15) is 14.4 Å². The number of aromatic nitrogens is 2. The van der Waals surface area contributed by atoms with Crippen molar-refractivity contribution in [2.75, 3.05) is 0 Å². The van der Waals surface area contributed by atoms with Crippen LogP contribution in [0.1, 0.15) is 43.1 Å². The van der Waals surface area contributed by atoms with Gasteiger partial charge in [0.15, 0.2) is 0 Å². The molecule has 1 atom stereocenters. The van der Waals surface area contributed by atoms with Crippen LogP contribution in [-0.4, -0.2) is 21.5 Å². The van der Waals surface area contributed by atoms with Crippen LogP contribution in [0.5, 0.6) is 5.75 Å². The Balaban J connectivity index is 1.82. The number of carbonyl (C=O) groups is 1. The van der Waals surface area contributed by atoms with E-state index in [1.807, 2.05) is 38.1 Å². The average molecular weight is 343 g/mol. The topological polar surface area (TPSA) is 104 Å². The second kappa shape index (κ2) is 6.23. The molecule has 0 saturated heterocycles. The summed E-state index contributed by atoms with van der Waals surface area (Å²) in [6.45, 7) is 5.55. The van der Waals surface area contributed by atoms with Crippen LogP contribution in [0.15, 0.2) is 33.9 Å². The second-order valence-electron chi connectivity index (χ2n) is 6.91. The molecule has 25 heavy (non-hydrogen) atoms. The normalized spacial score (nSPS) is 18.1. The highest BCUT2D eigenvalue weighted by atomic mass is 16.5. The summed E-state index contributed by atoms with van der Waals surface area (Å²) in [6.07, 6.45) is 0.522. The smallest absolute Gasteiger partial charge is 0.325 e. The van der Waals surface area contributed by atoms with Gasteiger partial charge in [0.05, 0.1) is 12.5 Å². The maximum Gasteiger partial charge on any atom is 0.325 e. The van der Waals surface area contributed by atoms with E-state index in [0.717, 1.165) is 11.3 Å². The zero-order valence-corrected chi connectivity index (χ0v) is 14.4. The number of fused-ring (bicyclic) bond motifs is 1. The zero-order chi connectivity index (χ0) is 18.2. The minimum Gasteiger partial charge on any atom is -0.487 e. The molecule has 0 aliphatic carbocycles. The van der Waals surface area contributed by atoms with Gasteiger partial charge in [-0.3, -0.25) is 14.6 Å². The first kappa shape index (κ1) is 17.0. The van der Waals surface area contributed by atoms with E-state index in [1.165, 1.54) is 0 Å². The van der Waals surface area contributed by atoms with E-state index < -0.39 is 16.9 Å². The van der Waals surface area contributed by atoms with Crippen molar-refractivity contribution >= 4 is 5.91 Å². The number of nitrogens with one attached hydrogen (secondary N) is 3. The fourth-order valence-electron chi connectivity index (χ4n) is 3.18. The van der Waals surface area contributed by atoms with Gasteiger partial charge in [-0.2, -0.15) is 0 Å². The Labute approximate surface area is 144 Å². The lowest BCUT2D eigenvalue weighted by Gasteiger charge is -2.37. The van der Waals surface area contributed by atoms with Gasteiger partial charge in [-0.05, 0) is 26.8 Å². The van der Waals surface area contributed by atoms with Crippen molar-refractivity contribution in [2.45, 2.75) is 45.3 Å². The molecule has 2 aromatic rings. The second-order valence-corrected chi connectivity index (χ2v) is 6.91. The highest BCUT2D eigenvalue weighted by Gasteiger charge is 2.34. The number of H-pyrrole nitrogens is 2. The standard InChI is InChI=1S/C18H21N3O4/c1-10-12(16(23)21-17(24)19-10)8-15(22)20-13-9-18(2,3)25-14-7-5-4-6-11(13)14/h4-7,13H,8-9H2,1-3H3,(H,20,22)(H2,19,21,23,24)/t13-/m0/s1. The number of carbonyl (C=O) groups excluding carboxylic acids is 1. The Kier molecular flexibility index (Phi) is 4.24. The van der Waals surface area contributed by atoms with Gasteiger partial charge in [0.25, 0.3) is 5.56 Å². The Morgan fingerprint density at radius 1 is 1.28 bits per heavy atom. The van der Waals surface area contributed by atoms with Crippen LogP contribution in [0, 0.1) is 6.92 Å². The molecule has 0 bridgehead atoms. The molecule has 1 aliphatic heterocycles.